The van der Waals surface area contributed by atoms with Gasteiger partial charge in [0.15, 0.2) is 23.5 Å². The fourth-order valence-corrected chi connectivity index (χ4v) is 8.19. The Hall–Kier alpha value is -1.34. The van der Waals surface area contributed by atoms with Crippen LogP contribution in [0.15, 0.2) is 23.8 Å². The fraction of sp³-hybridized carbons (Fsp3) is 0.786. The molecule has 6 nitrogen and oxygen atoms in total. The average Bonchev–Trinajstić information content (AvgIpc) is 3.44. The highest BCUT2D eigenvalue weighted by atomic mass is 16.7. The second-order valence-electron chi connectivity index (χ2n) is 10.9. The van der Waals surface area contributed by atoms with Gasteiger partial charge in [0.25, 0.3) is 0 Å². The number of carbonyl (C=O) groups is 2. The molecular formula is C28H38O6. The molecule has 9 atom stereocenters. The molecule has 0 bridgehead atoms. The number of rotatable bonds is 3. The third kappa shape index (κ3) is 2.89. The number of allylic oxidation sites excluding steroid dienone is 4. The minimum absolute atomic E-state index is 0.0626. The number of ketones is 2. The number of ether oxygens (including phenoxy) is 2. The van der Waals surface area contributed by atoms with Gasteiger partial charge in [-0.2, -0.15) is 0 Å². The lowest BCUT2D eigenvalue weighted by Gasteiger charge is -2.59. The van der Waals surface area contributed by atoms with E-state index >= 15 is 0 Å². The molecule has 0 amide bonds. The van der Waals surface area contributed by atoms with Crippen molar-refractivity contribution in [1.82, 2.24) is 0 Å². The molecule has 1 aliphatic heterocycles. The van der Waals surface area contributed by atoms with Crippen molar-refractivity contribution >= 4 is 11.6 Å². The van der Waals surface area contributed by atoms with Gasteiger partial charge in [0.2, 0.25) is 0 Å². The monoisotopic (exact) mass is 481 g/mol. The smallest absolute Gasteiger partial charge is 0.193 e. The molecule has 0 aromatic carbocycles. The summed E-state index contributed by atoms with van der Waals surface area (Å²) in [7, 11) is 0. The van der Waals surface area contributed by atoms with Crippen LogP contribution in [0.2, 0.25) is 0 Å². The van der Waals surface area contributed by atoms with Crippen molar-refractivity contribution in [3.8, 4) is 0 Å². The van der Waals surface area contributed by atoms with Crippen molar-refractivity contribution in [2.24, 2.45) is 34.5 Å². The Labute approximate surface area is 217 Å². The second kappa shape index (κ2) is 7.83. The van der Waals surface area contributed by atoms with E-state index in [9.17, 15) is 21.2 Å². The highest BCUT2D eigenvalue weighted by molar-refractivity contribution is 6.01. The maximum Gasteiger partial charge on any atom is 0.193 e. The molecular weight excluding hydrogens is 432 g/mol. The van der Waals surface area contributed by atoms with Crippen LogP contribution in [0.5, 0.6) is 0 Å². The molecule has 186 valence electrons. The van der Waals surface area contributed by atoms with E-state index in [1.165, 1.54) is 6.08 Å². The van der Waals surface area contributed by atoms with Crippen molar-refractivity contribution < 1.29 is 44.4 Å². The van der Waals surface area contributed by atoms with Crippen molar-refractivity contribution in [1.29, 1.82) is 0 Å². The lowest BCUT2D eigenvalue weighted by Crippen LogP contribution is -2.63. The van der Waals surface area contributed by atoms with Gasteiger partial charge in [0.1, 0.15) is 6.61 Å². The molecule has 0 aromatic rings. The largest absolute Gasteiger partial charge is 0.393 e. The third-order valence-electron chi connectivity index (χ3n) is 9.55. The molecule has 0 aromatic heterocycles. The Morgan fingerprint density at radius 2 is 2.06 bits per heavy atom. The van der Waals surface area contributed by atoms with Gasteiger partial charge < -0.3 is 19.7 Å². The Morgan fingerprint density at radius 3 is 2.79 bits per heavy atom. The van der Waals surface area contributed by atoms with Crippen LogP contribution < -0.4 is 0 Å². The minimum atomic E-state index is -3.77. The lowest BCUT2D eigenvalue weighted by molar-refractivity contribution is -0.209. The predicted octanol–water partition coefficient (Wildman–Crippen LogP) is 3.50. The van der Waals surface area contributed by atoms with Gasteiger partial charge in [-0.1, -0.05) is 44.6 Å². The SMILES string of the molecule is [2H]C1([2H])C([2H])([2H])C([2H])([2H])C([2H])(C2O[C@@H]3CC4[C@@H]5CCC6=CC(=O)C=C[C@]6(C)C5[C@@H](O)C[C@]4(C)[C@]3(C(=O)CO)O2)C([2H])([2H])C1([2H])[2H]. The molecule has 0 radical (unpaired) electrons. The van der Waals surface area contributed by atoms with Crippen LogP contribution in [-0.4, -0.2) is 52.5 Å². The van der Waals surface area contributed by atoms with Crippen LogP contribution in [0.3, 0.4) is 0 Å². The van der Waals surface area contributed by atoms with Gasteiger partial charge in [-0.25, -0.2) is 0 Å². The normalized spacial score (nSPS) is 63.4. The van der Waals surface area contributed by atoms with Crippen molar-refractivity contribution in [3.05, 3.63) is 23.8 Å². The lowest BCUT2D eigenvalue weighted by atomic mass is 9.46. The Balaban J connectivity index is 1.46. The number of Topliss-reactive ketones (excluding diaryl/α,β-unsaturated/α-hetero) is 1. The van der Waals surface area contributed by atoms with Gasteiger partial charge in [0, 0.05) is 37.7 Å². The maximum atomic E-state index is 13.8. The van der Waals surface area contributed by atoms with Crippen LogP contribution in [0, 0.1) is 34.5 Å². The van der Waals surface area contributed by atoms with Crippen molar-refractivity contribution in [2.45, 2.75) is 95.5 Å². The number of fused-ring (bicyclic) bond motifs is 7. The number of hydrogen-bond donors (Lipinski definition) is 2. The number of carbonyl (C=O) groups excluding carboxylic acids is 2. The fourth-order valence-electron chi connectivity index (χ4n) is 8.19. The van der Waals surface area contributed by atoms with E-state index in [1.807, 2.05) is 6.92 Å². The zero-order valence-electron chi connectivity index (χ0n) is 30.3. The highest BCUT2D eigenvalue weighted by Gasteiger charge is 2.76. The molecule has 34 heavy (non-hydrogen) atoms. The third-order valence-corrected chi connectivity index (χ3v) is 9.55. The summed E-state index contributed by atoms with van der Waals surface area (Å²) in [5, 5.41) is 22.0. The molecule has 2 N–H and O–H groups in total. The van der Waals surface area contributed by atoms with E-state index in [-0.39, 0.29) is 36.4 Å². The Bertz CT molecular complexity index is 1380. The van der Waals surface area contributed by atoms with Crippen LogP contribution in [0.1, 0.15) is 86.5 Å². The number of aliphatic hydroxyl groups excluding tert-OH is 2. The molecule has 3 unspecified atom stereocenters. The van der Waals surface area contributed by atoms with Gasteiger partial charge in [0.05, 0.1) is 12.2 Å². The van der Waals surface area contributed by atoms with Crippen LogP contribution in [0.4, 0.5) is 0 Å². The number of aliphatic hydroxyl groups is 2. The van der Waals surface area contributed by atoms with E-state index in [0.29, 0.717) is 12.8 Å². The predicted molar refractivity (Wildman–Crippen MR) is 125 cm³/mol. The topological polar surface area (TPSA) is 93.1 Å². The second-order valence-corrected chi connectivity index (χ2v) is 10.9. The molecule has 5 aliphatic carbocycles. The summed E-state index contributed by atoms with van der Waals surface area (Å²) < 4.78 is 106. The molecule has 5 fully saturated rings. The van der Waals surface area contributed by atoms with Crippen molar-refractivity contribution in [3.63, 3.8) is 0 Å². The highest BCUT2D eigenvalue weighted by Crippen LogP contribution is 2.70. The minimum Gasteiger partial charge on any atom is -0.393 e. The molecule has 6 rings (SSSR count). The zero-order chi connectivity index (χ0) is 33.8. The first-order valence-electron chi connectivity index (χ1n) is 17.5. The standard InChI is InChI=1S/C28H38O6/c1-26-11-10-18(30)12-17(26)8-9-19-20-13-23-28(22(32)15-29,27(20,2)14-21(31)24(19)26)34-25(33-23)16-6-4-3-5-7-16/h10-12,16,19-21,23-25,29,31H,3-9,13-15H2,1-2H3/t19-,20?,21-,23+,24?,25?,26-,27-,28+/m0/s1/i3D2,4D2,5D2,6D2,7D2,16D. The first-order valence-corrected chi connectivity index (χ1v) is 12.0. The zero-order valence-corrected chi connectivity index (χ0v) is 19.3. The van der Waals surface area contributed by atoms with Gasteiger partial charge >= 0.3 is 0 Å². The van der Waals surface area contributed by atoms with Crippen LogP contribution in [0.25, 0.3) is 0 Å². The Kier molecular flexibility index (Phi) is 3.18. The molecule has 1 saturated heterocycles. The summed E-state index contributed by atoms with van der Waals surface area (Å²) in [5.74, 6) is -5.62. The molecule has 1 heterocycles. The summed E-state index contributed by atoms with van der Waals surface area (Å²) >= 11 is 0. The maximum absolute atomic E-state index is 13.8. The first kappa shape index (κ1) is 13.8. The molecule has 6 aliphatic rings. The molecule has 0 spiro atoms. The van der Waals surface area contributed by atoms with E-state index < -0.39 is 85.1 Å². The molecule has 6 heteroatoms. The summed E-state index contributed by atoms with van der Waals surface area (Å²) in [4.78, 5) is 26.0. The number of hydrogen-bond acceptors (Lipinski definition) is 6. The van der Waals surface area contributed by atoms with Crippen LogP contribution >= 0.6 is 0 Å². The van der Waals surface area contributed by atoms with E-state index in [1.54, 1.807) is 19.1 Å². The van der Waals surface area contributed by atoms with Crippen LogP contribution in [-0.2, 0) is 19.1 Å². The first-order chi connectivity index (χ1) is 20.4. The van der Waals surface area contributed by atoms with E-state index in [2.05, 4.69) is 0 Å². The summed E-state index contributed by atoms with van der Waals surface area (Å²) in [6.45, 7) is 2.54. The van der Waals surface area contributed by atoms with E-state index in [4.69, 9.17) is 23.2 Å². The Morgan fingerprint density at radius 1 is 1.29 bits per heavy atom. The summed E-state index contributed by atoms with van der Waals surface area (Å²) in [5.41, 5.74) is -3.21. The summed E-state index contributed by atoms with van der Waals surface area (Å²) in [6.07, 6.45) is -17.6. The average molecular weight is 482 g/mol. The van der Waals surface area contributed by atoms with E-state index in [0.717, 1.165) is 5.57 Å². The summed E-state index contributed by atoms with van der Waals surface area (Å²) in [6, 6.07) is 0. The van der Waals surface area contributed by atoms with Gasteiger partial charge in [-0.3, -0.25) is 9.59 Å². The van der Waals surface area contributed by atoms with Gasteiger partial charge in [-0.05, 0) is 62.4 Å². The van der Waals surface area contributed by atoms with Crippen molar-refractivity contribution in [2.75, 3.05) is 6.61 Å². The van der Waals surface area contributed by atoms with Gasteiger partial charge in [-0.15, -0.1) is 0 Å². The molecule has 4 saturated carbocycles. The quantitative estimate of drug-likeness (QED) is 0.641.